The molecule has 0 aliphatic heterocycles. The van der Waals surface area contributed by atoms with Gasteiger partial charge in [0.25, 0.3) is 0 Å². The number of aliphatic hydroxyl groups is 1. The Morgan fingerprint density at radius 3 is 1.58 bits per heavy atom. The van der Waals surface area contributed by atoms with E-state index in [1.165, 1.54) is 44.9 Å². The molecule has 0 bridgehead atoms. The van der Waals surface area contributed by atoms with Crippen molar-refractivity contribution in [2.24, 2.45) is 0 Å². The Hall–Kier alpha value is 0.759. The van der Waals surface area contributed by atoms with Gasteiger partial charge >= 0.3 is 0 Å². The molecule has 1 N–H and O–H groups in total. The minimum atomic E-state index is 0. The van der Waals surface area contributed by atoms with Crippen LogP contribution in [0.15, 0.2) is 0 Å². The SMILES string of the molecule is CCCCCCCCCCO.[Sn]. The Kier molecular flexibility index (Phi) is 18.2. The maximum absolute atomic E-state index is 8.51. The van der Waals surface area contributed by atoms with Gasteiger partial charge in [0.1, 0.15) is 0 Å². The molecule has 0 saturated carbocycles. The molecule has 0 heterocycles. The fraction of sp³-hybridized carbons (Fsp3) is 1.00. The molecule has 0 amide bonds. The Bertz CT molecular complexity index is 58.9. The molecule has 0 fully saturated rings. The quantitative estimate of drug-likeness (QED) is 0.534. The smallest absolute Gasteiger partial charge is 0.0431 e. The summed E-state index contributed by atoms with van der Waals surface area (Å²) in [6.07, 6.45) is 10.4. The number of rotatable bonds is 8. The van der Waals surface area contributed by atoms with Gasteiger partial charge in [0, 0.05) is 30.5 Å². The fourth-order valence-electron chi connectivity index (χ4n) is 1.25. The zero-order chi connectivity index (χ0) is 8.36. The molecule has 0 aromatic heterocycles. The van der Waals surface area contributed by atoms with E-state index in [0.717, 1.165) is 6.42 Å². The Labute approximate surface area is 93.9 Å². The van der Waals surface area contributed by atoms with Gasteiger partial charge in [-0.3, -0.25) is 0 Å². The predicted molar refractivity (Wildman–Crippen MR) is 55.4 cm³/mol. The van der Waals surface area contributed by atoms with E-state index in [-0.39, 0.29) is 23.9 Å². The summed E-state index contributed by atoms with van der Waals surface area (Å²) in [5, 5.41) is 8.51. The van der Waals surface area contributed by atoms with Crippen LogP contribution in [0.4, 0.5) is 0 Å². The second-order valence-electron chi connectivity index (χ2n) is 3.20. The van der Waals surface area contributed by atoms with E-state index < -0.39 is 0 Å². The van der Waals surface area contributed by atoms with Gasteiger partial charge in [0.2, 0.25) is 0 Å². The largest absolute Gasteiger partial charge is 0.396 e. The number of aliphatic hydroxyl groups excluding tert-OH is 1. The number of hydrogen-bond acceptors (Lipinski definition) is 1. The van der Waals surface area contributed by atoms with Crippen molar-refractivity contribution in [3.8, 4) is 0 Å². The number of hydrogen-bond donors (Lipinski definition) is 1. The van der Waals surface area contributed by atoms with Crippen molar-refractivity contribution < 1.29 is 5.11 Å². The summed E-state index contributed by atoms with van der Waals surface area (Å²) < 4.78 is 0. The van der Waals surface area contributed by atoms with Crippen molar-refractivity contribution in [2.45, 2.75) is 58.3 Å². The van der Waals surface area contributed by atoms with Crippen LogP contribution < -0.4 is 0 Å². The maximum atomic E-state index is 8.51. The maximum Gasteiger partial charge on any atom is 0.0431 e. The van der Waals surface area contributed by atoms with Crippen molar-refractivity contribution in [3.05, 3.63) is 0 Å². The van der Waals surface area contributed by atoms with Crippen molar-refractivity contribution in [1.82, 2.24) is 0 Å². The molecule has 12 heavy (non-hydrogen) atoms. The minimum Gasteiger partial charge on any atom is -0.396 e. The number of unbranched alkanes of at least 4 members (excludes halogenated alkanes) is 7. The molecule has 0 aliphatic rings. The molecule has 72 valence electrons. The van der Waals surface area contributed by atoms with Gasteiger partial charge in [-0.05, 0) is 6.42 Å². The van der Waals surface area contributed by atoms with Gasteiger partial charge in [0.15, 0.2) is 0 Å². The van der Waals surface area contributed by atoms with Gasteiger partial charge in [0.05, 0.1) is 0 Å². The van der Waals surface area contributed by atoms with Crippen molar-refractivity contribution >= 4 is 23.9 Å². The van der Waals surface area contributed by atoms with Crippen LogP contribution in [0.5, 0.6) is 0 Å². The van der Waals surface area contributed by atoms with E-state index in [9.17, 15) is 0 Å². The van der Waals surface area contributed by atoms with Gasteiger partial charge in [-0.1, -0.05) is 51.9 Å². The van der Waals surface area contributed by atoms with Crippen molar-refractivity contribution in [2.75, 3.05) is 6.61 Å². The average molecular weight is 277 g/mol. The first kappa shape index (κ1) is 15.2. The topological polar surface area (TPSA) is 20.2 Å². The first-order valence-electron chi connectivity index (χ1n) is 5.02. The van der Waals surface area contributed by atoms with E-state index in [1.54, 1.807) is 0 Å². The monoisotopic (exact) mass is 278 g/mol. The Morgan fingerprint density at radius 2 is 1.17 bits per heavy atom. The zero-order valence-electron chi connectivity index (χ0n) is 8.31. The second-order valence-corrected chi connectivity index (χ2v) is 3.20. The molecule has 0 saturated heterocycles. The van der Waals surface area contributed by atoms with Crippen LogP contribution in [0, 0.1) is 0 Å². The van der Waals surface area contributed by atoms with Crippen LogP contribution in [-0.2, 0) is 0 Å². The summed E-state index contributed by atoms with van der Waals surface area (Å²) in [4.78, 5) is 0. The minimum absolute atomic E-state index is 0. The van der Waals surface area contributed by atoms with Crippen LogP contribution in [-0.4, -0.2) is 35.6 Å². The van der Waals surface area contributed by atoms with E-state index in [4.69, 9.17) is 5.11 Å². The molecule has 0 aromatic carbocycles. The molecular weight excluding hydrogens is 255 g/mol. The molecule has 0 atom stereocenters. The zero-order valence-corrected chi connectivity index (χ0v) is 11.2. The Balaban J connectivity index is 0. The molecule has 2 heteroatoms. The van der Waals surface area contributed by atoms with Gasteiger partial charge in [-0.2, -0.15) is 0 Å². The molecular formula is C10H22OSn. The van der Waals surface area contributed by atoms with Gasteiger partial charge in [-0.25, -0.2) is 0 Å². The average Bonchev–Trinajstić information content (AvgIpc) is 2.03. The van der Waals surface area contributed by atoms with Gasteiger partial charge < -0.3 is 5.11 Å². The van der Waals surface area contributed by atoms with Crippen LogP contribution in [0.1, 0.15) is 58.3 Å². The molecule has 4 radical (unpaired) electrons. The molecule has 0 spiro atoms. The van der Waals surface area contributed by atoms with Crippen LogP contribution >= 0.6 is 0 Å². The first-order chi connectivity index (χ1) is 5.41. The fourth-order valence-corrected chi connectivity index (χ4v) is 1.25. The first-order valence-corrected chi connectivity index (χ1v) is 5.02. The summed E-state index contributed by atoms with van der Waals surface area (Å²) in [6, 6.07) is 0. The molecule has 1 nitrogen and oxygen atoms in total. The third-order valence-electron chi connectivity index (χ3n) is 2.01. The van der Waals surface area contributed by atoms with E-state index >= 15 is 0 Å². The van der Waals surface area contributed by atoms with Crippen molar-refractivity contribution in [3.63, 3.8) is 0 Å². The van der Waals surface area contributed by atoms with E-state index in [0.29, 0.717) is 6.61 Å². The second kappa shape index (κ2) is 14.3. The third-order valence-corrected chi connectivity index (χ3v) is 2.01. The predicted octanol–water partition coefficient (Wildman–Crippen LogP) is 2.74. The van der Waals surface area contributed by atoms with E-state index in [1.807, 2.05) is 0 Å². The summed E-state index contributed by atoms with van der Waals surface area (Å²) in [5.41, 5.74) is 0. The standard InChI is InChI=1S/C10H22O.Sn/c1-2-3-4-5-6-7-8-9-10-11;/h11H,2-10H2,1H3;. The molecule has 0 unspecified atom stereocenters. The van der Waals surface area contributed by atoms with Crippen LogP contribution in [0.2, 0.25) is 0 Å². The molecule has 0 aromatic rings. The van der Waals surface area contributed by atoms with E-state index in [2.05, 4.69) is 6.92 Å². The normalized spacial score (nSPS) is 9.50. The molecule has 0 rings (SSSR count). The van der Waals surface area contributed by atoms with Gasteiger partial charge in [-0.15, -0.1) is 0 Å². The van der Waals surface area contributed by atoms with Crippen LogP contribution in [0.25, 0.3) is 0 Å². The summed E-state index contributed by atoms with van der Waals surface area (Å²) >= 11 is 0. The Morgan fingerprint density at radius 1 is 0.750 bits per heavy atom. The third kappa shape index (κ3) is 13.4. The summed E-state index contributed by atoms with van der Waals surface area (Å²) in [6.45, 7) is 2.61. The van der Waals surface area contributed by atoms with Crippen LogP contribution in [0.3, 0.4) is 0 Å². The van der Waals surface area contributed by atoms with Crippen molar-refractivity contribution in [1.29, 1.82) is 0 Å². The molecule has 0 aliphatic carbocycles. The summed E-state index contributed by atoms with van der Waals surface area (Å²) in [5.74, 6) is 0. The summed E-state index contributed by atoms with van der Waals surface area (Å²) in [7, 11) is 0.